The monoisotopic (exact) mass is 342 g/mol. The van der Waals surface area contributed by atoms with Gasteiger partial charge in [-0.15, -0.1) is 0 Å². The molecule has 1 atom stereocenters. The third-order valence-corrected chi connectivity index (χ3v) is 4.11. The maximum atomic E-state index is 12.6. The molecule has 0 aliphatic carbocycles. The van der Waals surface area contributed by atoms with Crippen LogP contribution in [0.3, 0.4) is 0 Å². The average Bonchev–Trinajstić information content (AvgIpc) is 3.22. The summed E-state index contributed by atoms with van der Waals surface area (Å²) in [6.07, 6.45) is 3.79. The SMILES string of the molecule is CCCCOc1ccc(N2C(=O)C[C@@H](NCc3ccco3)C2=O)cc1. The van der Waals surface area contributed by atoms with Gasteiger partial charge in [-0.3, -0.25) is 14.9 Å². The molecule has 2 amide bonds. The molecular formula is C19H22N2O4. The number of carbonyl (C=O) groups is 2. The van der Waals surface area contributed by atoms with E-state index in [0.717, 1.165) is 24.4 Å². The highest BCUT2D eigenvalue weighted by Gasteiger charge is 2.39. The normalized spacial score (nSPS) is 17.3. The van der Waals surface area contributed by atoms with Crippen LogP contribution in [0, 0.1) is 0 Å². The molecule has 1 N–H and O–H groups in total. The van der Waals surface area contributed by atoms with Gasteiger partial charge in [0, 0.05) is 0 Å². The molecule has 1 aliphatic rings. The van der Waals surface area contributed by atoms with E-state index in [4.69, 9.17) is 9.15 Å². The standard InChI is InChI=1S/C19H22N2O4/c1-2-3-10-24-15-8-6-14(7-9-15)21-18(22)12-17(19(21)23)20-13-16-5-4-11-25-16/h4-9,11,17,20H,2-3,10,12-13H2,1H3/t17-/m1/s1. The summed E-state index contributed by atoms with van der Waals surface area (Å²) in [5.74, 6) is 1.02. The van der Waals surface area contributed by atoms with E-state index in [1.54, 1.807) is 36.6 Å². The van der Waals surface area contributed by atoms with Crippen molar-refractivity contribution in [3.8, 4) is 5.75 Å². The molecule has 132 valence electrons. The Balaban J connectivity index is 1.61. The van der Waals surface area contributed by atoms with Crippen LogP contribution in [0.1, 0.15) is 31.9 Å². The predicted octanol–water partition coefficient (Wildman–Crippen LogP) is 2.88. The van der Waals surface area contributed by atoms with Crippen LogP contribution in [0.15, 0.2) is 47.1 Å². The smallest absolute Gasteiger partial charge is 0.251 e. The molecule has 3 rings (SSSR count). The first-order valence-corrected chi connectivity index (χ1v) is 8.54. The van der Waals surface area contributed by atoms with Gasteiger partial charge in [0.2, 0.25) is 5.91 Å². The van der Waals surface area contributed by atoms with Crippen LogP contribution in [0.4, 0.5) is 5.69 Å². The van der Waals surface area contributed by atoms with Crippen molar-refractivity contribution in [1.82, 2.24) is 5.32 Å². The van der Waals surface area contributed by atoms with E-state index in [1.165, 1.54) is 4.90 Å². The maximum Gasteiger partial charge on any atom is 0.251 e. The van der Waals surface area contributed by atoms with E-state index < -0.39 is 6.04 Å². The highest BCUT2D eigenvalue weighted by atomic mass is 16.5. The lowest BCUT2D eigenvalue weighted by Crippen LogP contribution is -2.38. The van der Waals surface area contributed by atoms with Crippen molar-refractivity contribution in [2.75, 3.05) is 11.5 Å². The number of nitrogens with zero attached hydrogens (tertiary/aromatic N) is 1. The predicted molar refractivity (Wildman–Crippen MR) is 93.3 cm³/mol. The van der Waals surface area contributed by atoms with Gasteiger partial charge in [0.15, 0.2) is 0 Å². The summed E-state index contributed by atoms with van der Waals surface area (Å²) in [7, 11) is 0. The number of amides is 2. The quantitative estimate of drug-likeness (QED) is 0.590. The van der Waals surface area contributed by atoms with Gasteiger partial charge >= 0.3 is 0 Å². The van der Waals surface area contributed by atoms with Gasteiger partial charge in [-0.1, -0.05) is 13.3 Å². The summed E-state index contributed by atoms with van der Waals surface area (Å²) < 4.78 is 10.8. The zero-order valence-electron chi connectivity index (χ0n) is 14.2. The number of nitrogens with one attached hydrogen (secondary N) is 1. The van der Waals surface area contributed by atoms with E-state index >= 15 is 0 Å². The highest BCUT2D eigenvalue weighted by Crippen LogP contribution is 2.25. The number of rotatable bonds is 8. The molecule has 0 saturated carbocycles. The molecule has 1 aromatic carbocycles. The molecule has 0 spiro atoms. The molecule has 1 aromatic heterocycles. The molecule has 0 bridgehead atoms. The minimum atomic E-state index is -0.530. The van der Waals surface area contributed by atoms with E-state index in [1.807, 2.05) is 6.07 Å². The fraction of sp³-hybridized carbons (Fsp3) is 0.368. The van der Waals surface area contributed by atoms with Gasteiger partial charge in [0.25, 0.3) is 5.91 Å². The Morgan fingerprint density at radius 1 is 1.24 bits per heavy atom. The zero-order chi connectivity index (χ0) is 17.6. The van der Waals surface area contributed by atoms with Crippen molar-refractivity contribution in [2.24, 2.45) is 0 Å². The second kappa shape index (κ2) is 7.98. The molecule has 1 saturated heterocycles. The van der Waals surface area contributed by atoms with Crippen LogP contribution in [0.25, 0.3) is 0 Å². The summed E-state index contributed by atoms with van der Waals surface area (Å²) in [4.78, 5) is 26.0. The summed E-state index contributed by atoms with van der Waals surface area (Å²) in [6, 6.07) is 10.1. The van der Waals surface area contributed by atoms with Gasteiger partial charge in [0.1, 0.15) is 11.5 Å². The number of hydrogen-bond donors (Lipinski definition) is 1. The Hall–Kier alpha value is -2.60. The van der Waals surface area contributed by atoms with Gasteiger partial charge in [-0.25, -0.2) is 4.90 Å². The molecular weight excluding hydrogens is 320 g/mol. The first kappa shape index (κ1) is 17.2. The number of anilines is 1. The molecule has 2 aromatic rings. The Bertz CT molecular complexity index is 710. The van der Waals surface area contributed by atoms with Crippen LogP contribution in [0.2, 0.25) is 0 Å². The third kappa shape index (κ3) is 4.09. The van der Waals surface area contributed by atoms with Crippen LogP contribution in [-0.4, -0.2) is 24.5 Å². The fourth-order valence-electron chi connectivity index (χ4n) is 2.73. The van der Waals surface area contributed by atoms with Crippen molar-refractivity contribution in [3.05, 3.63) is 48.4 Å². The van der Waals surface area contributed by atoms with Crippen molar-refractivity contribution < 1.29 is 18.7 Å². The van der Waals surface area contributed by atoms with Crippen LogP contribution < -0.4 is 15.0 Å². The van der Waals surface area contributed by atoms with Crippen LogP contribution in [0.5, 0.6) is 5.75 Å². The van der Waals surface area contributed by atoms with Crippen molar-refractivity contribution in [3.63, 3.8) is 0 Å². The fourth-order valence-corrected chi connectivity index (χ4v) is 2.73. The van der Waals surface area contributed by atoms with Crippen LogP contribution in [-0.2, 0) is 16.1 Å². The molecule has 2 heterocycles. The van der Waals surface area contributed by atoms with Gasteiger partial charge in [0.05, 0.1) is 37.6 Å². The topological polar surface area (TPSA) is 71.8 Å². The van der Waals surface area contributed by atoms with Crippen molar-refractivity contribution in [2.45, 2.75) is 38.8 Å². The highest BCUT2D eigenvalue weighted by molar-refractivity contribution is 6.22. The van der Waals surface area contributed by atoms with Gasteiger partial charge in [-0.05, 0) is 42.8 Å². The van der Waals surface area contributed by atoms with Crippen molar-refractivity contribution in [1.29, 1.82) is 0 Å². The van der Waals surface area contributed by atoms with Gasteiger partial charge < -0.3 is 9.15 Å². The number of ether oxygens (including phenoxy) is 1. The summed E-state index contributed by atoms with van der Waals surface area (Å²) >= 11 is 0. The van der Waals surface area contributed by atoms with Crippen molar-refractivity contribution >= 4 is 17.5 Å². The third-order valence-electron chi connectivity index (χ3n) is 4.11. The zero-order valence-corrected chi connectivity index (χ0v) is 14.2. The number of hydrogen-bond acceptors (Lipinski definition) is 5. The molecule has 1 fully saturated rings. The second-order valence-corrected chi connectivity index (χ2v) is 5.98. The summed E-state index contributed by atoms with van der Waals surface area (Å²) in [5, 5.41) is 3.08. The van der Waals surface area contributed by atoms with Gasteiger partial charge in [-0.2, -0.15) is 0 Å². The maximum absolute atomic E-state index is 12.6. The number of imide groups is 1. The molecule has 1 aliphatic heterocycles. The second-order valence-electron chi connectivity index (χ2n) is 5.98. The number of carbonyl (C=O) groups excluding carboxylic acids is 2. The molecule has 6 nitrogen and oxygen atoms in total. The minimum absolute atomic E-state index is 0.147. The lowest BCUT2D eigenvalue weighted by molar-refractivity contribution is -0.121. The van der Waals surface area contributed by atoms with E-state index in [9.17, 15) is 9.59 Å². The average molecular weight is 342 g/mol. The minimum Gasteiger partial charge on any atom is -0.494 e. The molecule has 6 heteroatoms. The summed E-state index contributed by atoms with van der Waals surface area (Å²) in [6.45, 7) is 3.18. The van der Waals surface area contributed by atoms with Crippen LogP contribution >= 0.6 is 0 Å². The van der Waals surface area contributed by atoms with E-state index in [2.05, 4.69) is 12.2 Å². The molecule has 0 radical (unpaired) electrons. The van der Waals surface area contributed by atoms with E-state index in [0.29, 0.717) is 18.8 Å². The number of furan rings is 1. The molecule has 0 unspecified atom stereocenters. The number of benzene rings is 1. The van der Waals surface area contributed by atoms with E-state index in [-0.39, 0.29) is 18.2 Å². The number of unbranched alkanes of at least 4 members (excludes halogenated alkanes) is 1. The molecule has 25 heavy (non-hydrogen) atoms. The lowest BCUT2D eigenvalue weighted by Gasteiger charge is -2.16. The largest absolute Gasteiger partial charge is 0.494 e. The first-order chi connectivity index (χ1) is 12.2. The first-order valence-electron chi connectivity index (χ1n) is 8.54. The summed E-state index contributed by atoms with van der Waals surface area (Å²) in [5.41, 5.74) is 0.570. The Kier molecular flexibility index (Phi) is 5.50. The Labute approximate surface area is 146 Å². The Morgan fingerprint density at radius 2 is 2.04 bits per heavy atom. The Morgan fingerprint density at radius 3 is 2.72 bits per heavy atom. The lowest BCUT2D eigenvalue weighted by atomic mass is 10.2.